The van der Waals surface area contributed by atoms with Crippen LogP contribution in [0.5, 0.6) is 11.5 Å². The lowest BCUT2D eigenvalue weighted by molar-refractivity contribution is -0.288. The molecule has 2 rings (SSSR count). The van der Waals surface area contributed by atoms with Crippen molar-refractivity contribution in [3.05, 3.63) is 34.2 Å². The molecule has 5 atom stereocenters. The van der Waals surface area contributed by atoms with Crippen molar-refractivity contribution in [1.82, 2.24) is 0 Å². The van der Waals surface area contributed by atoms with Gasteiger partial charge in [-0.25, -0.2) is 0 Å². The number of carbonyl (C=O) groups is 5. The van der Waals surface area contributed by atoms with E-state index < -0.39 is 66.9 Å². The summed E-state index contributed by atoms with van der Waals surface area (Å²) in [5.41, 5.74) is 8.41. The van der Waals surface area contributed by atoms with Crippen molar-refractivity contribution in [3.63, 3.8) is 0 Å². The monoisotopic (exact) mass is 595 g/mol. The first kappa shape index (κ1) is 33.8. The van der Waals surface area contributed by atoms with Crippen molar-refractivity contribution in [2.45, 2.75) is 71.2 Å². The highest BCUT2D eigenvalue weighted by atomic mass is 16.7. The van der Waals surface area contributed by atoms with E-state index in [0.29, 0.717) is 6.42 Å². The van der Waals surface area contributed by atoms with Gasteiger partial charge in [-0.1, -0.05) is 5.11 Å². The number of aromatic hydroxyl groups is 1. The molecule has 1 aliphatic rings. The number of nitrogens with zero attached hydrogens (tertiary/aromatic N) is 3. The molecule has 16 heteroatoms. The van der Waals surface area contributed by atoms with Crippen LogP contribution in [-0.2, 0) is 47.6 Å². The lowest BCUT2D eigenvalue weighted by atomic mass is 9.98. The first-order chi connectivity index (χ1) is 19.9. The molecule has 1 unspecified atom stereocenters. The second-order valence-corrected chi connectivity index (χ2v) is 8.96. The normalized spacial score (nSPS) is 21.3. The summed E-state index contributed by atoms with van der Waals surface area (Å²) in [7, 11) is 0. The number of hydrogen-bond donors (Lipinski definition) is 1. The number of esters is 4. The van der Waals surface area contributed by atoms with E-state index >= 15 is 0 Å². The Kier molecular flexibility index (Phi) is 13.5. The van der Waals surface area contributed by atoms with Gasteiger partial charge in [0.25, 0.3) is 0 Å². The number of azide groups is 1. The van der Waals surface area contributed by atoms with Crippen molar-refractivity contribution < 1.29 is 62.2 Å². The van der Waals surface area contributed by atoms with Crippen molar-refractivity contribution >= 4 is 29.7 Å². The molecule has 1 fully saturated rings. The van der Waals surface area contributed by atoms with Gasteiger partial charge in [-0.3, -0.25) is 24.0 Å². The molecule has 1 N–H and O–H groups in total. The molecule has 1 aliphatic heterocycles. The minimum Gasteiger partial charge on any atom is -0.504 e. The molecule has 1 aromatic rings. The fraction of sp³-hybridized carbons (Fsp3) is 0.577. The molecule has 0 aromatic heterocycles. The van der Waals surface area contributed by atoms with Crippen LogP contribution in [0, 0.1) is 0 Å². The lowest BCUT2D eigenvalue weighted by Gasteiger charge is -2.43. The van der Waals surface area contributed by atoms with E-state index in [1.54, 1.807) is 0 Å². The van der Waals surface area contributed by atoms with Crippen LogP contribution in [0.15, 0.2) is 23.3 Å². The smallest absolute Gasteiger partial charge is 0.303 e. The Morgan fingerprint density at radius 1 is 0.929 bits per heavy atom. The van der Waals surface area contributed by atoms with Crippen LogP contribution >= 0.6 is 0 Å². The van der Waals surface area contributed by atoms with Crippen LogP contribution in [0.2, 0.25) is 0 Å². The Hall–Kier alpha value is -4.40. The molecule has 16 nitrogen and oxygen atoms in total. The molecular formula is C26H33N3O13. The van der Waals surface area contributed by atoms with Crippen molar-refractivity contribution in [2.75, 3.05) is 26.4 Å². The molecule has 0 aliphatic carbocycles. The summed E-state index contributed by atoms with van der Waals surface area (Å²) in [5.74, 6) is -4.03. The quantitative estimate of drug-likeness (QED) is 0.0585. The van der Waals surface area contributed by atoms with Gasteiger partial charge < -0.3 is 38.3 Å². The molecule has 1 heterocycles. The molecule has 230 valence electrons. The summed E-state index contributed by atoms with van der Waals surface area (Å²) in [5, 5.41) is 14.0. The summed E-state index contributed by atoms with van der Waals surface area (Å²) in [4.78, 5) is 62.4. The summed E-state index contributed by atoms with van der Waals surface area (Å²) >= 11 is 0. The number of ketones is 1. The molecular weight excluding hydrogens is 562 g/mol. The highest BCUT2D eigenvalue weighted by Gasteiger charge is 2.53. The first-order valence-electron chi connectivity index (χ1n) is 12.8. The molecule has 1 saturated heterocycles. The minimum absolute atomic E-state index is 0.112. The van der Waals surface area contributed by atoms with E-state index in [2.05, 4.69) is 10.0 Å². The van der Waals surface area contributed by atoms with Crippen LogP contribution in [0.25, 0.3) is 10.4 Å². The number of rotatable bonds is 15. The highest BCUT2D eigenvalue weighted by Crippen LogP contribution is 2.34. The highest BCUT2D eigenvalue weighted by molar-refractivity contribution is 5.96. The maximum atomic E-state index is 12.6. The fourth-order valence-electron chi connectivity index (χ4n) is 3.93. The van der Waals surface area contributed by atoms with Crippen molar-refractivity contribution in [3.8, 4) is 11.5 Å². The van der Waals surface area contributed by atoms with E-state index in [1.165, 1.54) is 18.2 Å². The Morgan fingerprint density at radius 2 is 1.57 bits per heavy atom. The van der Waals surface area contributed by atoms with Crippen molar-refractivity contribution in [2.24, 2.45) is 5.11 Å². The minimum atomic E-state index is -1.56. The Morgan fingerprint density at radius 3 is 2.17 bits per heavy atom. The van der Waals surface area contributed by atoms with Crippen molar-refractivity contribution in [1.29, 1.82) is 0 Å². The second-order valence-electron chi connectivity index (χ2n) is 8.96. The van der Waals surface area contributed by atoms with Gasteiger partial charge in [0.15, 0.2) is 29.5 Å². The van der Waals surface area contributed by atoms with Gasteiger partial charge in [0.2, 0.25) is 12.4 Å². The zero-order chi connectivity index (χ0) is 31.2. The predicted molar refractivity (Wildman–Crippen MR) is 139 cm³/mol. The Balaban J connectivity index is 2.26. The number of phenolic OH excluding ortho intramolecular Hbond substituents is 1. The third-order valence-corrected chi connectivity index (χ3v) is 5.56. The van der Waals surface area contributed by atoms with E-state index in [-0.39, 0.29) is 43.3 Å². The van der Waals surface area contributed by atoms with Gasteiger partial charge in [-0.05, 0) is 30.2 Å². The number of phenols is 1. The standard InChI is InChI=1S/C26H33N3O13/c1-14(30)37-13-22-23(38-15(2)31)24(39-16(3)32)25(40-17(4)33)26(42-22)41-21-8-7-18(12-20(21)35)19(34)6-5-10-36-11-9-28-29-27/h7-8,12,22-26,35H,5-6,9-11,13H2,1-4H3/t22-,23+,24+,25-,26?/m1/s1. The summed E-state index contributed by atoms with van der Waals surface area (Å²) in [6.07, 6.45) is -6.61. The van der Waals surface area contributed by atoms with E-state index in [0.717, 1.165) is 27.7 Å². The molecule has 0 radical (unpaired) electrons. The molecule has 1 aromatic carbocycles. The SMILES string of the molecule is CC(=O)OC[C@H]1OC(Oc2ccc(C(=O)CCCOCCN=[N+]=[N-])cc2O)[C@H](OC(C)=O)[C@@H](OC(C)=O)[C@H]1OC(C)=O. The number of hydrogen-bond acceptors (Lipinski definition) is 14. The number of Topliss-reactive ketones (excluding diaryl/α,β-unsaturated/α-hetero) is 1. The van der Waals surface area contributed by atoms with Gasteiger partial charge in [0.05, 0.1) is 6.61 Å². The predicted octanol–water partition coefficient (Wildman–Crippen LogP) is 2.14. The summed E-state index contributed by atoms with van der Waals surface area (Å²) in [6.45, 7) is 4.62. The van der Waals surface area contributed by atoms with Gasteiger partial charge in [0.1, 0.15) is 12.7 Å². The van der Waals surface area contributed by atoms with Crippen LogP contribution in [-0.4, -0.2) is 91.8 Å². The maximum absolute atomic E-state index is 12.6. The lowest BCUT2D eigenvalue weighted by Crippen LogP contribution is -2.63. The van der Waals surface area contributed by atoms with E-state index in [4.69, 9.17) is 38.7 Å². The molecule has 0 saturated carbocycles. The Labute approximate surface area is 240 Å². The van der Waals surface area contributed by atoms with Gasteiger partial charge in [0, 0.05) is 57.7 Å². The fourth-order valence-corrected chi connectivity index (χ4v) is 3.93. The number of ether oxygens (including phenoxy) is 7. The largest absolute Gasteiger partial charge is 0.504 e. The average molecular weight is 596 g/mol. The molecule has 0 bridgehead atoms. The zero-order valence-electron chi connectivity index (χ0n) is 23.5. The molecule has 0 spiro atoms. The van der Waals surface area contributed by atoms with E-state index in [1.807, 2.05) is 0 Å². The number of benzene rings is 1. The number of carbonyl (C=O) groups excluding carboxylic acids is 5. The van der Waals surface area contributed by atoms with Gasteiger partial charge in [-0.2, -0.15) is 0 Å². The van der Waals surface area contributed by atoms with Crippen LogP contribution in [0.3, 0.4) is 0 Å². The second kappa shape index (κ2) is 16.8. The zero-order valence-corrected chi connectivity index (χ0v) is 23.5. The summed E-state index contributed by atoms with van der Waals surface area (Å²) < 4.78 is 37.9. The third kappa shape index (κ3) is 10.9. The summed E-state index contributed by atoms with van der Waals surface area (Å²) in [6, 6.07) is 3.85. The van der Waals surface area contributed by atoms with Gasteiger partial charge in [-0.15, -0.1) is 0 Å². The molecule has 0 amide bonds. The van der Waals surface area contributed by atoms with Gasteiger partial charge >= 0.3 is 23.9 Å². The Bertz CT molecular complexity index is 1180. The van der Waals surface area contributed by atoms with Crippen LogP contribution in [0.4, 0.5) is 0 Å². The third-order valence-electron chi connectivity index (χ3n) is 5.56. The molecule has 42 heavy (non-hydrogen) atoms. The average Bonchev–Trinajstić information content (AvgIpc) is 2.90. The van der Waals surface area contributed by atoms with Crippen LogP contribution in [0.1, 0.15) is 50.9 Å². The topological polar surface area (TPSA) is 219 Å². The first-order valence-corrected chi connectivity index (χ1v) is 12.8. The maximum Gasteiger partial charge on any atom is 0.303 e. The van der Waals surface area contributed by atoms with E-state index in [9.17, 15) is 29.1 Å². The van der Waals surface area contributed by atoms with Crippen LogP contribution < -0.4 is 4.74 Å².